The molecule has 0 saturated heterocycles. The van der Waals surface area contributed by atoms with Crippen LogP contribution >= 0.6 is 0 Å². The number of ether oxygens (including phenoxy) is 1. The zero-order valence-electron chi connectivity index (χ0n) is 30.9. The number of para-hydroxylation sites is 1. The number of nitrogens with zero attached hydrogens (tertiary/aromatic N) is 2. The van der Waals surface area contributed by atoms with Crippen molar-refractivity contribution < 1.29 is 33.5 Å². The van der Waals surface area contributed by atoms with E-state index in [2.05, 4.69) is 52.9 Å². The van der Waals surface area contributed by atoms with Crippen molar-refractivity contribution in [3.05, 3.63) is 125 Å². The van der Waals surface area contributed by atoms with Crippen LogP contribution in [0.2, 0.25) is 0 Å². The third-order valence-corrected chi connectivity index (χ3v) is 10.1. The molecule has 4 amide bonds. The van der Waals surface area contributed by atoms with E-state index >= 15 is 0 Å². The van der Waals surface area contributed by atoms with Gasteiger partial charge in [0.2, 0.25) is 5.78 Å². The van der Waals surface area contributed by atoms with Crippen molar-refractivity contribution in [1.29, 1.82) is 0 Å². The molecule has 52 heavy (non-hydrogen) atoms. The molecule has 0 bridgehead atoms. The molecule has 10 nitrogen and oxygen atoms in total. The molecule has 0 aliphatic carbocycles. The Morgan fingerprint density at radius 3 is 1.92 bits per heavy atom. The van der Waals surface area contributed by atoms with Crippen molar-refractivity contribution in [3.8, 4) is 5.75 Å². The average molecular weight is 704 g/mol. The molecule has 0 saturated carbocycles. The van der Waals surface area contributed by atoms with Crippen molar-refractivity contribution in [2.45, 2.75) is 77.9 Å². The quantitative estimate of drug-likeness (QED) is 0.0651. The minimum Gasteiger partial charge on any atom is -0.372 e. The summed E-state index contributed by atoms with van der Waals surface area (Å²) in [6.45, 7) is 14.1. The van der Waals surface area contributed by atoms with Crippen molar-refractivity contribution in [1.82, 2.24) is 4.90 Å². The van der Waals surface area contributed by atoms with Crippen LogP contribution in [0.3, 0.4) is 0 Å². The third-order valence-electron chi connectivity index (χ3n) is 10.1. The summed E-state index contributed by atoms with van der Waals surface area (Å²) in [6, 6.07) is 26.3. The fourth-order valence-electron chi connectivity index (χ4n) is 6.10. The van der Waals surface area contributed by atoms with Gasteiger partial charge in [0.05, 0.1) is 16.8 Å². The first-order valence-corrected chi connectivity index (χ1v) is 17.3. The van der Waals surface area contributed by atoms with Gasteiger partial charge >= 0.3 is 0 Å². The smallest absolute Gasteiger partial charge is 0.296 e. The van der Waals surface area contributed by atoms with Crippen molar-refractivity contribution in [2.24, 2.45) is 0 Å². The van der Waals surface area contributed by atoms with E-state index in [-0.39, 0.29) is 33.2 Å². The number of carbonyl (C=O) groups excluding carboxylic acids is 5. The Balaban J connectivity index is 1.58. The standard InChI is InChI=1S/C42H45N3O7/c1-9-40(4,5)29-21-24-35(34(25-29)41(6,7)10-2)52-45(27(3)46)31-22-23-32-33(26-31)38(49)44(37(32)48)42(51-8,36(47)28-17-13-11-14-18-28)39(50)43-30-19-15-12-16-20-30/h11-26H,9-10H2,1-8H3,(H,43,50). The van der Waals surface area contributed by atoms with Gasteiger partial charge in [0.15, 0.2) is 5.75 Å². The third kappa shape index (κ3) is 6.74. The summed E-state index contributed by atoms with van der Waals surface area (Å²) in [7, 11) is 1.09. The summed E-state index contributed by atoms with van der Waals surface area (Å²) in [5, 5.41) is 3.70. The van der Waals surface area contributed by atoms with Crippen LogP contribution < -0.4 is 15.2 Å². The molecule has 0 spiro atoms. The summed E-state index contributed by atoms with van der Waals surface area (Å²) in [5.41, 5.74) is -0.770. The highest BCUT2D eigenvalue weighted by molar-refractivity contribution is 6.30. The molecule has 0 fully saturated rings. The van der Waals surface area contributed by atoms with Crippen LogP contribution in [-0.2, 0) is 25.2 Å². The minimum absolute atomic E-state index is 0.0418. The second-order valence-electron chi connectivity index (χ2n) is 14.1. The molecule has 1 heterocycles. The van der Waals surface area contributed by atoms with Crippen LogP contribution in [0, 0.1) is 0 Å². The highest BCUT2D eigenvalue weighted by Crippen LogP contribution is 2.40. The fraction of sp³-hybridized carbons (Fsp3) is 0.310. The Hall–Kier alpha value is -5.61. The first-order valence-electron chi connectivity index (χ1n) is 17.3. The highest BCUT2D eigenvalue weighted by atomic mass is 16.7. The second-order valence-corrected chi connectivity index (χ2v) is 14.1. The van der Waals surface area contributed by atoms with Crippen molar-refractivity contribution >= 4 is 40.8 Å². The number of ketones is 1. The van der Waals surface area contributed by atoms with Crippen LogP contribution in [0.15, 0.2) is 97.1 Å². The largest absolute Gasteiger partial charge is 0.372 e. The Bertz CT molecular complexity index is 2020. The van der Waals surface area contributed by atoms with Crippen LogP contribution in [0.5, 0.6) is 5.75 Å². The van der Waals surface area contributed by atoms with E-state index in [9.17, 15) is 24.0 Å². The zero-order valence-corrected chi connectivity index (χ0v) is 30.9. The molecule has 1 aliphatic heterocycles. The van der Waals surface area contributed by atoms with Crippen LogP contribution in [0.4, 0.5) is 11.4 Å². The number of nitrogens with one attached hydrogen (secondary N) is 1. The maximum atomic E-state index is 14.3. The van der Waals surface area contributed by atoms with E-state index in [0.29, 0.717) is 16.3 Å². The molecular weight excluding hydrogens is 658 g/mol. The molecular formula is C42H45N3O7. The number of hydrogen-bond acceptors (Lipinski definition) is 7. The van der Waals surface area contributed by atoms with E-state index in [0.717, 1.165) is 36.1 Å². The maximum absolute atomic E-state index is 14.3. The fourth-order valence-corrected chi connectivity index (χ4v) is 6.10. The van der Waals surface area contributed by atoms with Gasteiger partial charge in [-0.25, -0.2) is 4.90 Å². The summed E-state index contributed by atoms with van der Waals surface area (Å²) in [6.07, 6.45) is 1.72. The monoisotopic (exact) mass is 703 g/mol. The minimum atomic E-state index is -2.73. The number of carbonyl (C=O) groups is 5. The Morgan fingerprint density at radius 1 is 0.750 bits per heavy atom. The van der Waals surface area contributed by atoms with Gasteiger partial charge in [-0.1, -0.05) is 102 Å². The number of fused-ring (bicyclic) bond motifs is 1. The maximum Gasteiger partial charge on any atom is 0.296 e. The Kier molecular flexibility index (Phi) is 10.5. The second kappa shape index (κ2) is 14.6. The number of rotatable bonds is 13. The number of Topliss-reactive ketones (excluding diaryl/α,β-unsaturated/α-hetero) is 1. The van der Waals surface area contributed by atoms with Crippen LogP contribution in [0.1, 0.15) is 104 Å². The zero-order chi connectivity index (χ0) is 38.0. The molecule has 0 aromatic heterocycles. The number of methoxy groups -OCH3 is 1. The number of benzene rings is 4. The number of hydrogen-bond donors (Lipinski definition) is 1. The van der Waals surface area contributed by atoms with Gasteiger partial charge < -0.3 is 14.9 Å². The average Bonchev–Trinajstić information content (AvgIpc) is 3.40. The van der Waals surface area contributed by atoms with Gasteiger partial charge in [0.1, 0.15) is 0 Å². The first kappa shape index (κ1) is 37.6. The van der Waals surface area contributed by atoms with Gasteiger partial charge in [0, 0.05) is 30.8 Å². The van der Waals surface area contributed by atoms with Gasteiger partial charge in [0.25, 0.3) is 29.4 Å². The SMILES string of the molecule is CCC(C)(C)c1ccc(ON(C(C)=O)c2ccc3c(c2)C(=O)N(C(OC)(C(=O)Nc2ccccc2)C(=O)c2ccccc2)C3=O)c(C(C)(C)CC)c1. The molecule has 5 rings (SSSR count). The van der Waals surface area contributed by atoms with Gasteiger partial charge in [-0.3, -0.25) is 24.0 Å². The Morgan fingerprint density at radius 2 is 1.35 bits per heavy atom. The lowest BCUT2D eigenvalue weighted by molar-refractivity contribution is -0.144. The predicted octanol–water partition coefficient (Wildman–Crippen LogP) is 7.87. The summed E-state index contributed by atoms with van der Waals surface area (Å²) in [5.74, 6) is -3.87. The number of anilines is 2. The Labute approximate surface area is 304 Å². The number of imide groups is 1. The van der Waals surface area contributed by atoms with E-state index in [1.54, 1.807) is 48.5 Å². The van der Waals surface area contributed by atoms with Gasteiger partial charge in [-0.15, -0.1) is 5.06 Å². The molecule has 270 valence electrons. The van der Waals surface area contributed by atoms with Crippen molar-refractivity contribution in [3.63, 3.8) is 0 Å². The number of amides is 4. The molecule has 0 radical (unpaired) electrons. The summed E-state index contributed by atoms with van der Waals surface area (Å²) < 4.78 is 5.67. The summed E-state index contributed by atoms with van der Waals surface area (Å²) in [4.78, 5) is 77.0. The van der Waals surface area contributed by atoms with E-state index in [1.165, 1.54) is 37.3 Å². The van der Waals surface area contributed by atoms with E-state index in [4.69, 9.17) is 9.57 Å². The molecule has 1 atom stereocenters. The van der Waals surface area contributed by atoms with Crippen LogP contribution in [-0.4, -0.2) is 47.1 Å². The normalized spacial score (nSPS) is 14.0. The van der Waals surface area contributed by atoms with Gasteiger partial charge in [-0.2, -0.15) is 0 Å². The lowest BCUT2D eigenvalue weighted by Gasteiger charge is -2.36. The molecule has 1 aliphatic rings. The molecule has 10 heteroatoms. The first-order chi connectivity index (χ1) is 24.6. The van der Waals surface area contributed by atoms with Gasteiger partial charge in [-0.05, 0) is 65.6 Å². The van der Waals surface area contributed by atoms with E-state index in [1.807, 2.05) is 12.1 Å². The molecule has 4 aromatic rings. The highest BCUT2D eigenvalue weighted by Gasteiger charge is 2.60. The molecule has 1 N–H and O–H groups in total. The lowest BCUT2D eigenvalue weighted by atomic mass is 9.76. The number of hydroxylamine groups is 1. The van der Waals surface area contributed by atoms with Crippen LogP contribution in [0.25, 0.3) is 0 Å². The predicted molar refractivity (Wildman–Crippen MR) is 199 cm³/mol. The molecule has 1 unspecified atom stereocenters. The summed E-state index contributed by atoms with van der Waals surface area (Å²) >= 11 is 0. The topological polar surface area (TPSA) is 122 Å². The lowest BCUT2D eigenvalue weighted by Crippen LogP contribution is -2.65. The van der Waals surface area contributed by atoms with E-state index < -0.39 is 35.1 Å². The van der Waals surface area contributed by atoms with Crippen molar-refractivity contribution in [2.75, 3.05) is 17.5 Å². The molecule has 4 aromatic carbocycles.